The van der Waals surface area contributed by atoms with Gasteiger partial charge < -0.3 is 8.74 Å². The molecule has 11 nitrogen and oxygen atoms in total. The number of rotatable bonds is 7. The summed E-state index contributed by atoms with van der Waals surface area (Å²) in [5.41, 5.74) is 1.15. The van der Waals surface area contributed by atoms with Crippen molar-refractivity contribution in [3.63, 3.8) is 0 Å². The first-order valence-corrected chi connectivity index (χ1v) is 13.7. The predicted octanol–water partition coefficient (Wildman–Crippen LogP) is 1.20. The van der Waals surface area contributed by atoms with Crippen molar-refractivity contribution in [1.82, 2.24) is 0 Å². The maximum Gasteiger partial charge on any atom is 1.00 e. The Morgan fingerprint density at radius 2 is 1.61 bits per heavy atom. The zero-order chi connectivity index (χ0) is 27.0. The minimum atomic E-state index is -4.95. The number of nitrogens with zero attached hydrogens (tertiary/aromatic N) is 4. The van der Waals surface area contributed by atoms with E-state index in [0.717, 1.165) is 16.6 Å². The number of benzene rings is 3. The fourth-order valence-corrected chi connectivity index (χ4v) is 5.15. The van der Waals surface area contributed by atoms with E-state index in [2.05, 4.69) is 15.3 Å². The monoisotopic (exact) mass is 584 g/mol. The first kappa shape index (κ1) is 29.9. The molecule has 0 N–H and O–H groups in total. The van der Waals surface area contributed by atoms with Crippen LogP contribution in [0.3, 0.4) is 0 Å². The SMILES string of the molecule is CC1=NN(c2ccc(Cl)cc2S(=O)(=O)[O-])C(=O)C1N=Nc1ccc(OS(=O)(=O)c2ccc(C)cc2)cc1.[Na+]. The predicted molar refractivity (Wildman–Crippen MR) is 134 cm³/mol. The fourth-order valence-electron chi connectivity index (χ4n) is 3.30. The van der Waals surface area contributed by atoms with Gasteiger partial charge in [0, 0.05) is 5.02 Å². The molecule has 0 aliphatic carbocycles. The molecular formula is C23H18ClN4NaO7S2. The molecule has 0 saturated heterocycles. The fraction of sp³-hybridized carbons (Fsp3) is 0.130. The third kappa shape index (κ3) is 6.67. The van der Waals surface area contributed by atoms with E-state index < -0.39 is 37.1 Å². The van der Waals surface area contributed by atoms with Gasteiger partial charge in [-0.05, 0) is 68.4 Å². The van der Waals surface area contributed by atoms with Crippen LogP contribution in [0.25, 0.3) is 0 Å². The summed E-state index contributed by atoms with van der Waals surface area (Å²) in [6, 6.07) is 14.1. The Labute approximate surface area is 246 Å². The number of hydrogen-bond donors (Lipinski definition) is 0. The Kier molecular flexibility index (Phi) is 9.14. The largest absolute Gasteiger partial charge is 1.00 e. The molecule has 0 fully saturated rings. The smallest absolute Gasteiger partial charge is 0.744 e. The average Bonchev–Trinajstić information content (AvgIpc) is 3.11. The molecular weight excluding hydrogens is 567 g/mol. The van der Waals surface area contributed by atoms with Gasteiger partial charge in [-0.25, -0.2) is 8.42 Å². The second-order valence-corrected chi connectivity index (χ2v) is 11.3. The van der Waals surface area contributed by atoms with Crippen LogP contribution < -0.4 is 38.7 Å². The maximum absolute atomic E-state index is 12.9. The third-order valence-corrected chi connectivity index (χ3v) is 7.52. The van der Waals surface area contributed by atoms with E-state index in [1.807, 2.05) is 6.92 Å². The van der Waals surface area contributed by atoms with Crippen LogP contribution in [0, 0.1) is 6.92 Å². The van der Waals surface area contributed by atoms with Crippen molar-refractivity contribution in [3.05, 3.63) is 77.3 Å². The van der Waals surface area contributed by atoms with Gasteiger partial charge in [-0.3, -0.25) is 4.79 Å². The zero-order valence-corrected chi connectivity index (χ0v) is 24.7. The number of anilines is 1. The zero-order valence-electron chi connectivity index (χ0n) is 20.3. The summed E-state index contributed by atoms with van der Waals surface area (Å²) in [6.45, 7) is 3.33. The Hall–Kier alpha value is -2.65. The first-order valence-electron chi connectivity index (χ1n) is 10.5. The van der Waals surface area contributed by atoms with Crippen molar-refractivity contribution in [3.8, 4) is 5.75 Å². The van der Waals surface area contributed by atoms with E-state index in [1.165, 1.54) is 55.5 Å². The van der Waals surface area contributed by atoms with Gasteiger partial charge in [-0.15, -0.1) is 0 Å². The molecule has 1 aliphatic rings. The number of carbonyl (C=O) groups excluding carboxylic acids is 1. The second kappa shape index (κ2) is 11.6. The minimum Gasteiger partial charge on any atom is -0.744 e. The summed E-state index contributed by atoms with van der Waals surface area (Å²) in [5, 5.41) is 12.8. The summed E-state index contributed by atoms with van der Waals surface area (Å²) < 4.78 is 65.0. The molecule has 38 heavy (non-hydrogen) atoms. The summed E-state index contributed by atoms with van der Waals surface area (Å²) in [4.78, 5) is 12.2. The number of azo groups is 1. The maximum atomic E-state index is 12.9. The van der Waals surface area contributed by atoms with E-state index in [1.54, 1.807) is 12.1 Å². The minimum absolute atomic E-state index is 0. The number of halogens is 1. The van der Waals surface area contributed by atoms with Crippen molar-refractivity contribution >= 4 is 54.8 Å². The van der Waals surface area contributed by atoms with Crippen LogP contribution in [0.15, 0.2) is 91.9 Å². The van der Waals surface area contributed by atoms with Gasteiger partial charge >= 0.3 is 39.7 Å². The van der Waals surface area contributed by atoms with Crippen LogP contribution in [-0.2, 0) is 25.0 Å². The quantitative estimate of drug-likeness (QED) is 0.175. The number of aryl methyl sites for hydroxylation is 1. The van der Waals surface area contributed by atoms with Gasteiger partial charge in [0.05, 0.1) is 22.0 Å². The van der Waals surface area contributed by atoms with Gasteiger partial charge in [0.15, 0.2) is 6.04 Å². The average molecular weight is 585 g/mol. The molecule has 0 bridgehead atoms. The summed E-state index contributed by atoms with van der Waals surface area (Å²) in [7, 11) is -8.98. The molecule has 192 valence electrons. The van der Waals surface area contributed by atoms with E-state index in [0.29, 0.717) is 0 Å². The Morgan fingerprint density at radius 3 is 2.21 bits per heavy atom. The molecule has 3 aromatic rings. The molecule has 1 aliphatic heterocycles. The van der Waals surface area contributed by atoms with E-state index in [9.17, 15) is 26.2 Å². The van der Waals surface area contributed by atoms with E-state index in [4.69, 9.17) is 15.8 Å². The van der Waals surface area contributed by atoms with Crippen LogP contribution in [-0.4, -0.2) is 39.0 Å². The van der Waals surface area contributed by atoms with Crippen molar-refractivity contribution in [2.45, 2.75) is 29.7 Å². The van der Waals surface area contributed by atoms with Crippen LogP contribution in [0.5, 0.6) is 5.75 Å². The molecule has 0 spiro atoms. The number of hydrogen-bond acceptors (Lipinski definition) is 10. The number of carbonyl (C=O) groups is 1. The standard InChI is InChI=1S/C23H19ClN4O7S2.Na/c1-14-3-10-19(11-4-14)37(33,34)35-18-8-6-17(7-9-18)25-26-22-15(2)27-28(23(22)29)20-12-5-16(24)13-21(20)36(30,31)32;/h3-13,22H,1-2H3,(H,30,31,32);/q;+1/p-1. The Morgan fingerprint density at radius 1 is 0.974 bits per heavy atom. The molecule has 1 atom stereocenters. The summed E-state index contributed by atoms with van der Waals surface area (Å²) >= 11 is 5.81. The molecule has 1 heterocycles. The van der Waals surface area contributed by atoms with Crippen molar-refractivity contribution in [1.29, 1.82) is 0 Å². The molecule has 1 unspecified atom stereocenters. The van der Waals surface area contributed by atoms with Crippen molar-refractivity contribution in [2.24, 2.45) is 15.3 Å². The van der Waals surface area contributed by atoms with Crippen LogP contribution in [0.2, 0.25) is 5.02 Å². The third-order valence-electron chi connectivity index (χ3n) is 5.16. The summed E-state index contributed by atoms with van der Waals surface area (Å²) in [6.07, 6.45) is 0. The van der Waals surface area contributed by atoms with E-state index in [-0.39, 0.29) is 62.3 Å². The van der Waals surface area contributed by atoms with Crippen molar-refractivity contribution in [2.75, 3.05) is 5.01 Å². The molecule has 0 radical (unpaired) electrons. The van der Waals surface area contributed by atoms with Crippen LogP contribution in [0.1, 0.15) is 12.5 Å². The molecule has 15 heteroatoms. The molecule has 1 amide bonds. The summed E-state index contributed by atoms with van der Waals surface area (Å²) in [5.74, 6) is -0.674. The van der Waals surface area contributed by atoms with Gasteiger partial charge in [-0.1, -0.05) is 29.3 Å². The molecule has 0 saturated carbocycles. The molecule has 0 aromatic heterocycles. The van der Waals surface area contributed by atoms with Gasteiger partial charge in [0.1, 0.15) is 20.8 Å². The first-order chi connectivity index (χ1) is 17.3. The number of hydrazone groups is 1. The van der Waals surface area contributed by atoms with Crippen LogP contribution in [0.4, 0.5) is 11.4 Å². The van der Waals surface area contributed by atoms with Crippen LogP contribution >= 0.6 is 11.6 Å². The second-order valence-electron chi connectivity index (χ2n) is 7.92. The van der Waals surface area contributed by atoms with Gasteiger partial charge in [0.25, 0.3) is 5.91 Å². The normalized spacial score (nSPS) is 15.9. The van der Waals surface area contributed by atoms with Gasteiger partial charge in [0.2, 0.25) is 0 Å². The Bertz CT molecular complexity index is 1640. The Balaban J connectivity index is 0.00000400. The number of amides is 1. The molecule has 4 rings (SSSR count). The topological polar surface area (TPSA) is 158 Å². The molecule has 3 aromatic carbocycles. The van der Waals surface area contributed by atoms with Gasteiger partial charge in [-0.2, -0.15) is 28.8 Å². The van der Waals surface area contributed by atoms with E-state index >= 15 is 0 Å². The van der Waals surface area contributed by atoms with Crippen molar-refractivity contribution < 1.29 is 59.9 Å².